The predicted molar refractivity (Wildman–Crippen MR) is 59.7 cm³/mol. The van der Waals surface area contributed by atoms with E-state index >= 15 is 0 Å². The Labute approximate surface area is 95.6 Å². The summed E-state index contributed by atoms with van der Waals surface area (Å²) in [5.41, 5.74) is 0. The Morgan fingerprint density at radius 2 is 2.00 bits per heavy atom. The van der Waals surface area contributed by atoms with Crippen molar-refractivity contribution in [3.63, 3.8) is 0 Å². The van der Waals surface area contributed by atoms with Crippen LogP contribution >= 0.6 is 0 Å². The minimum Gasteiger partial charge on any atom is -0.348 e. The molecule has 0 radical (unpaired) electrons. The molecule has 1 saturated heterocycles. The van der Waals surface area contributed by atoms with Crippen LogP contribution in [0.2, 0.25) is 0 Å². The molecule has 16 heavy (non-hydrogen) atoms. The molecule has 0 bridgehead atoms. The third kappa shape index (κ3) is 2.72. The molecule has 2 fully saturated rings. The third-order valence-electron chi connectivity index (χ3n) is 3.40. The number of carbonyl (C=O) groups is 2. The molecule has 0 aromatic carbocycles. The lowest BCUT2D eigenvalue weighted by Crippen LogP contribution is -2.51. The van der Waals surface area contributed by atoms with Gasteiger partial charge in [-0.1, -0.05) is 6.92 Å². The molecule has 2 atom stereocenters. The van der Waals surface area contributed by atoms with Crippen molar-refractivity contribution in [3.05, 3.63) is 0 Å². The first-order valence-electron chi connectivity index (χ1n) is 5.96. The largest absolute Gasteiger partial charge is 0.348 e. The lowest BCUT2D eigenvalue weighted by Gasteiger charge is -2.26. The molecule has 1 saturated carbocycles. The maximum Gasteiger partial charge on any atom is 0.311 e. The first kappa shape index (κ1) is 11.4. The van der Waals surface area contributed by atoms with Crippen molar-refractivity contribution in [2.24, 2.45) is 11.8 Å². The third-order valence-corrected chi connectivity index (χ3v) is 3.40. The maximum atomic E-state index is 11.7. The van der Waals surface area contributed by atoms with Gasteiger partial charge in [0.1, 0.15) is 0 Å². The van der Waals surface area contributed by atoms with Crippen LogP contribution in [-0.4, -0.2) is 49.4 Å². The van der Waals surface area contributed by atoms with Crippen LogP contribution in [-0.2, 0) is 9.59 Å². The van der Waals surface area contributed by atoms with Gasteiger partial charge in [-0.05, 0) is 18.3 Å². The molecule has 1 aliphatic carbocycles. The summed E-state index contributed by atoms with van der Waals surface area (Å²) in [4.78, 5) is 24.9. The van der Waals surface area contributed by atoms with Gasteiger partial charge in [-0.3, -0.25) is 9.59 Å². The van der Waals surface area contributed by atoms with E-state index < -0.39 is 5.91 Å². The smallest absolute Gasteiger partial charge is 0.311 e. The zero-order valence-corrected chi connectivity index (χ0v) is 9.66. The van der Waals surface area contributed by atoms with E-state index in [1.54, 1.807) is 4.90 Å². The molecule has 2 rings (SSSR count). The van der Waals surface area contributed by atoms with Gasteiger partial charge in [-0.2, -0.15) is 0 Å². The molecule has 2 amide bonds. The monoisotopic (exact) mass is 225 g/mol. The maximum absolute atomic E-state index is 11.7. The summed E-state index contributed by atoms with van der Waals surface area (Å²) >= 11 is 0. The first-order chi connectivity index (χ1) is 7.68. The number of hydrogen-bond donors (Lipinski definition) is 2. The minimum absolute atomic E-state index is 0.380. The van der Waals surface area contributed by atoms with Gasteiger partial charge >= 0.3 is 11.8 Å². The summed E-state index contributed by atoms with van der Waals surface area (Å²) in [7, 11) is 0. The molecule has 0 aromatic heterocycles. The van der Waals surface area contributed by atoms with Crippen molar-refractivity contribution in [2.45, 2.75) is 13.3 Å². The fourth-order valence-corrected chi connectivity index (χ4v) is 1.99. The Morgan fingerprint density at radius 1 is 1.38 bits per heavy atom. The highest BCUT2D eigenvalue weighted by Gasteiger charge is 2.33. The SMILES string of the molecule is CC1CC1CNC(=O)C(=O)N1CCNCC1. The average molecular weight is 225 g/mol. The van der Waals surface area contributed by atoms with E-state index in [1.165, 1.54) is 6.42 Å². The first-order valence-corrected chi connectivity index (χ1v) is 5.96. The van der Waals surface area contributed by atoms with Gasteiger partial charge in [0, 0.05) is 32.7 Å². The number of piperazine rings is 1. The number of amides is 2. The molecule has 5 nitrogen and oxygen atoms in total. The van der Waals surface area contributed by atoms with Gasteiger partial charge in [0.05, 0.1) is 0 Å². The van der Waals surface area contributed by atoms with Crippen LogP contribution in [0.15, 0.2) is 0 Å². The van der Waals surface area contributed by atoms with E-state index in [4.69, 9.17) is 0 Å². The summed E-state index contributed by atoms with van der Waals surface area (Å²) in [6, 6.07) is 0. The predicted octanol–water partition coefficient (Wildman–Crippen LogP) is -0.810. The summed E-state index contributed by atoms with van der Waals surface area (Å²) in [6.07, 6.45) is 1.17. The quantitative estimate of drug-likeness (QED) is 0.604. The van der Waals surface area contributed by atoms with Crippen LogP contribution in [0.1, 0.15) is 13.3 Å². The molecule has 0 spiro atoms. The van der Waals surface area contributed by atoms with Crippen molar-refractivity contribution >= 4 is 11.8 Å². The van der Waals surface area contributed by atoms with Crippen LogP contribution in [0.4, 0.5) is 0 Å². The lowest BCUT2D eigenvalue weighted by atomic mass is 10.3. The lowest BCUT2D eigenvalue weighted by molar-refractivity contribution is -0.146. The van der Waals surface area contributed by atoms with Gasteiger partial charge in [0.25, 0.3) is 0 Å². The highest BCUT2D eigenvalue weighted by Crippen LogP contribution is 2.36. The van der Waals surface area contributed by atoms with Crippen molar-refractivity contribution in [1.82, 2.24) is 15.5 Å². The van der Waals surface area contributed by atoms with Crippen molar-refractivity contribution in [1.29, 1.82) is 0 Å². The summed E-state index contributed by atoms with van der Waals surface area (Å²) < 4.78 is 0. The molecule has 2 unspecified atom stereocenters. The fraction of sp³-hybridized carbons (Fsp3) is 0.818. The van der Waals surface area contributed by atoms with Gasteiger partial charge in [0.2, 0.25) is 0 Å². The van der Waals surface area contributed by atoms with E-state index in [9.17, 15) is 9.59 Å². The highest BCUT2D eigenvalue weighted by molar-refractivity contribution is 6.35. The van der Waals surface area contributed by atoms with Gasteiger partial charge < -0.3 is 15.5 Å². The molecule has 90 valence electrons. The van der Waals surface area contributed by atoms with E-state index in [2.05, 4.69) is 17.6 Å². The Bertz CT molecular complexity index is 287. The second-order valence-corrected chi connectivity index (χ2v) is 4.73. The topological polar surface area (TPSA) is 61.4 Å². The van der Waals surface area contributed by atoms with Gasteiger partial charge in [-0.25, -0.2) is 0 Å². The summed E-state index contributed by atoms with van der Waals surface area (Å²) in [5.74, 6) is 0.463. The van der Waals surface area contributed by atoms with E-state index in [0.29, 0.717) is 31.5 Å². The van der Waals surface area contributed by atoms with E-state index in [1.807, 2.05) is 0 Å². The second-order valence-electron chi connectivity index (χ2n) is 4.73. The molecule has 0 aromatic rings. The zero-order valence-electron chi connectivity index (χ0n) is 9.66. The normalized spacial score (nSPS) is 28.7. The number of hydrogen-bond acceptors (Lipinski definition) is 3. The Hall–Kier alpha value is -1.10. The van der Waals surface area contributed by atoms with E-state index in [-0.39, 0.29) is 5.91 Å². The van der Waals surface area contributed by atoms with Crippen LogP contribution in [0, 0.1) is 11.8 Å². The Balaban J connectivity index is 1.72. The van der Waals surface area contributed by atoms with Crippen LogP contribution in [0.5, 0.6) is 0 Å². The highest BCUT2D eigenvalue weighted by atomic mass is 16.2. The minimum atomic E-state index is -0.444. The molecular weight excluding hydrogens is 206 g/mol. The second kappa shape index (κ2) is 4.82. The number of rotatable bonds is 2. The molecule has 5 heteroatoms. The van der Waals surface area contributed by atoms with Crippen LogP contribution in [0.25, 0.3) is 0 Å². The summed E-state index contributed by atoms with van der Waals surface area (Å²) in [5, 5.41) is 5.87. The fourth-order valence-electron chi connectivity index (χ4n) is 1.99. The van der Waals surface area contributed by atoms with Gasteiger partial charge in [0.15, 0.2) is 0 Å². The van der Waals surface area contributed by atoms with Crippen LogP contribution in [0.3, 0.4) is 0 Å². The number of carbonyl (C=O) groups excluding carboxylic acids is 2. The Morgan fingerprint density at radius 3 is 2.56 bits per heavy atom. The number of nitrogens with one attached hydrogen (secondary N) is 2. The standard InChI is InChI=1S/C11H19N3O2/c1-8-6-9(8)7-13-10(15)11(16)14-4-2-12-3-5-14/h8-9,12H,2-7H2,1H3,(H,13,15). The molecule has 1 heterocycles. The zero-order chi connectivity index (χ0) is 11.5. The Kier molecular flexibility index (Phi) is 3.43. The average Bonchev–Trinajstić information content (AvgIpc) is 3.02. The molecule has 1 aliphatic heterocycles. The van der Waals surface area contributed by atoms with Crippen molar-refractivity contribution < 1.29 is 9.59 Å². The van der Waals surface area contributed by atoms with Gasteiger partial charge in [-0.15, -0.1) is 0 Å². The molecular formula is C11H19N3O2. The van der Waals surface area contributed by atoms with Crippen molar-refractivity contribution in [3.8, 4) is 0 Å². The van der Waals surface area contributed by atoms with Crippen LogP contribution < -0.4 is 10.6 Å². The summed E-state index contributed by atoms with van der Waals surface area (Å²) in [6.45, 7) is 5.63. The van der Waals surface area contributed by atoms with Crippen molar-refractivity contribution in [2.75, 3.05) is 32.7 Å². The number of nitrogens with zero attached hydrogens (tertiary/aromatic N) is 1. The van der Waals surface area contributed by atoms with E-state index in [0.717, 1.165) is 13.1 Å². The molecule has 2 N–H and O–H groups in total. The molecule has 2 aliphatic rings.